The number of rotatable bonds is 3. The van der Waals surface area contributed by atoms with Crippen LogP contribution in [-0.2, 0) is 19.5 Å². The average Bonchev–Trinajstić information content (AvgIpc) is 3.09. The molecule has 0 bridgehead atoms. The van der Waals surface area contributed by atoms with Gasteiger partial charge in [0.1, 0.15) is 5.56 Å². The van der Waals surface area contributed by atoms with Crippen molar-refractivity contribution in [2.45, 2.75) is 33.4 Å². The van der Waals surface area contributed by atoms with E-state index >= 15 is 0 Å². The highest BCUT2D eigenvalue weighted by Gasteiger charge is 2.24. The molecule has 0 saturated heterocycles. The fourth-order valence-electron chi connectivity index (χ4n) is 3.51. The average molecular weight is 351 g/mol. The lowest BCUT2D eigenvalue weighted by atomic mass is 10.1. The summed E-state index contributed by atoms with van der Waals surface area (Å²) in [5.74, 6) is -0.265. The van der Waals surface area contributed by atoms with Crippen molar-refractivity contribution in [2.75, 3.05) is 11.9 Å². The summed E-state index contributed by atoms with van der Waals surface area (Å²) >= 11 is 0. The van der Waals surface area contributed by atoms with Gasteiger partial charge in [-0.25, -0.2) is 0 Å². The Morgan fingerprint density at radius 3 is 2.81 bits per heavy atom. The van der Waals surface area contributed by atoms with Crippen LogP contribution < -0.4 is 16.2 Å². The summed E-state index contributed by atoms with van der Waals surface area (Å²) in [5.41, 5.74) is 4.38. The molecular formula is C19H21N5O2. The number of anilines is 1. The lowest BCUT2D eigenvalue weighted by molar-refractivity contribution is 0.102. The van der Waals surface area contributed by atoms with Gasteiger partial charge in [0.2, 0.25) is 0 Å². The zero-order valence-corrected chi connectivity index (χ0v) is 14.9. The highest BCUT2D eigenvalue weighted by molar-refractivity contribution is 6.08. The molecule has 0 unspecified atom stereocenters. The zero-order valence-electron chi connectivity index (χ0n) is 14.9. The molecule has 26 heavy (non-hydrogen) atoms. The van der Waals surface area contributed by atoms with Gasteiger partial charge in [-0.15, -0.1) is 0 Å². The van der Waals surface area contributed by atoms with E-state index in [1.807, 2.05) is 42.7 Å². The van der Waals surface area contributed by atoms with Crippen molar-refractivity contribution in [1.82, 2.24) is 19.5 Å². The third-order valence-corrected chi connectivity index (χ3v) is 4.83. The summed E-state index contributed by atoms with van der Waals surface area (Å²) < 4.78 is 3.38. The third-order valence-electron chi connectivity index (χ3n) is 4.83. The van der Waals surface area contributed by atoms with Crippen molar-refractivity contribution < 1.29 is 4.79 Å². The van der Waals surface area contributed by atoms with E-state index in [1.54, 1.807) is 0 Å². The zero-order chi connectivity index (χ0) is 18.3. The van der Waals surface area contributed by atoms with Crippen molar-refractivity contribution in [2.24, 2.45) is 0 Å². The lowest BCUT2D eigenvalue weighted by Crippen LogP contribution is -2.36. The van der Waals surface area contributed by atoms with E-state index in [0.717, 1.165) is 29.8 Å². The first-order valence-electron chi connectivity index (χ1n) is 8.81. The van der Waals surface area contributed by atoms with Crippen LogP contribution in [0.3, 0.4) is 0 Å². The molecule has 0 radical (unpaired) electrons. The molecule has 3 heterocycles. The molecule has 1 aromatic carbocycles. The Labute approximate surface area is 150 Å². The molecule has 4 rings (SSSR count). The van der Waals surface area contributed by atoms with Crippen molar-refractivity contribution in [3.8, 4) is 0 Å². The van der Waals surface area contributed by atoms with Crippen molar-refractivity contribution in [1.29, 1.82) is 0 Å². The Bertz CT molecular complexity index is 1050. The first kappa shape index (κ1) is 16.5. The highest BCUT2D eigenvalue weighted by Crippen LogP contribution is 2.19. The number of fused-ring (bicyclic) bond motifs is 2. The van der Waals surface area contributed by atoms with E-state index in [4.69, 9.17) is 0 Å². The number of hydrogen-bond donors (Lipinski definition) is 2. The summed E-state index contributed by atoms with van der Waals surface area (Å²) in [7, 11) is 0. The quantitative estimate of drug-likeness (QED) is 0.753. The summed E-state index contributed by atoms with van der Waals surface area (Å²) in [6.07, 6.45) is 2.24. The number of carbonyl (C=O) groups is 1. The van der Waals surface area contributed by atoms with Crippen LogP contribution in [0.4, 0.5) is 5.69 Å². The van der Waals surface area contributed by atoms with Gasteiger partial charge in [-0.2, -0.15) is 9.61 Å². The number of nitrogens with zero attached hydrogens (tertiary/aromatic N) is 3. The molecule has 0 fully saturated rings. The maximum Gasteiger partial charge on any atom is 0.279 e. The van der Waals surface area contributed by atoms with Crippen molar-refractivity contribution in [3.05, 3.63) is 63.2 Å². The number of benzene rings is 1. The Morgan fingerprint density at radius 2 is 2.08 bits per heavy atom. The highest BCUT2D eigenvalue weighted by atomic mass is 16.2. The molecule has 7 heteroatoms. The van der Waals surface area contributed by atoms with Crippen LogP contribution >= 0.6 is 0 Å². The van der Waals surface area contributed by atoms with Gasteiger partial charge >= 0.3 is 0 Å². The molecule has 7 nitrogen and oxygen atoms in total. The maximum absolute atomic E-state index is 12.8. The van der Waals surface area contributed by atoms with E-state index in [-0.39, 0.29) is 11.5 Å². The van der Waals surface area contributed by atoms with Crippen molar-refractivity contribution >= 4 is 17.2 Å². The summed E-state index contributed by atoms with van der Waals surface area (Å²) in [6, 6.07) is 7.60. The lowest BCUT2D eigenvalue weighted by Gasteiger charge is -2.22. The van der Waals surface area contributed by atoms with E-state index in [1.165, 1.54) is 10.7 Å². The van der Waals surface area contributed by atoms with Gasteiger partial charge in [-0.05, 0) is 26.0 Å². The predicted octanol–water partition coefficient (Wildman–Crippen LogP) is 1.72. The molecule has 2 N–H and O–H groups in total. The molecule has 0 saturated carbocycles. The minimum atomic E-state index is -0.265. The molecule has 3 aromatic rings. The van der Waals surface area contributed by atoms with Gasteiger partial charge in [0.25, 0.3) is 11.5 Å². The van der Waals surface area contributed by atoms with Gasteiger partial charge < -0.3 is 15.2 Å². The van der Waals surface area contributed by atoms with E-state index in [2.05, 4.69) is 15.7 Å². The number of nitrogens with one attached hydrogen (secondary N) is 2. The number of aromatic nitrogens is 3. The first-order chi connectivity index (χ1) is 12.6. The normalized spacial score (nSPS) is 13.6. The minimum absolute atomic E-state index is 0.152. The molecule has 0 aliphatic carbocycles. The van der Waals surface area contributed by atoms with Gasteiger partial charge in [0.05, 0.1) is 11.8 Å². The Morgan fingerprint density at radius 1 is 1.31 bits per heavy atom. The molecule has 134 valence electrons. The van der Waals surface area contributed by atoms with Gasteiger partial charge in [-0.3, -0.25) is 9.59 Å². The van der Waals surface area contributed by atoms with Crippen LogP contribution in [0.1, 0.15) is 34.1 Å². The Hall–Kier alpha value is -2.93. The molecule has 1 aliphatic heterocycles. The number of carbonyl (C=O) groups excluding carboxylic acids is 1. The second-order valence-corrected chi connectivity index (χ2v) is 6.52. The summed E-state index contributed by atoms with van der Waals surface area (Å²) in [5, 5.41) is 10.3. The van der Waals surface area contributed by atoms with Crippen LogP contribution in [0.5, 0.6) is 0 Å². The van der Waals surface area contributed by atoms with E-state index in [9.17, 15) is 9.59 Å². The minimum Gasteiger partial charge on any atom is -0.329 e. The first-order valence-corrected chi connectivity index (χ1v) is 8.81. The monoisotopic (exact) mass is 351 g/mol. The SMILES string of the molecule is CCn1c2c(c(=O)n3ncc(C(=O)Nc4ccc(C)cc4)c13)CNCC2. The van der Waals surface area contributed by atoms with Gasteiger partial charge in [-0.1, -0.05) is 17.7 Å². The van der Waals surface area contributed by atoms with Gasteiger partial charge in [0.15, 0.2) is 5.65 Å². The van der Waals surface area contributed by atoms with Crippen molar-refractivity contribution in [3.63, 3.8) is 0 Å². The molecule has 0 spiro atoms. The molecule has 1 aliphatic rings. The van der Waals surface area contributed by atoms with Crippen LogP contribution in [0.15, 0.2) is 35.3 Å². The largest absolute Gasteiger partial charge is 0.329 e. The standard InChI is InChI=1S/C19H21N5O2/c1-3-23-16-8-9-20-10-14(16)19(26)24-18(23)15(11-21-24)17(25)22-13-6-4-12(2)5-7-13/h4-7,11,20H,3,8-10H2,1-2H3,(H,22,25). The van der Waals surface area contributed by atoms with Crippen LogP contribution in [-0.4, -0.2) is 26.6 Å². The maximum atomic E-state index is 12.8. The smallest absolute Gasteiger partial charge is 0.279 e. The summed E-state index contributed by atoms with van der Waals surface area (Å²) in [4.78, 5) is 25.6. The predicted molar refractivity (Wildman–Crippen MR) is 99.7 cm³/mol. The second-order valence-electron chi connectivity index (χ2n) is 6.52. The fraction of sp³-hybridized carbons (Fsp3) is 0.316. The second kappa shape index (κ2) is 6.42. The topological polar surface area (TPSA) is 80.4 Å². The number of amides is 1. The Balaban J connectivity index is 1.83. The van der Waals surface area contributed by atoms with E-state index < -0.39 is 0 Å². The molecular weight excluding hydrogens is 330 g/mol. The molecule has 1 amide bonds. The van der Waals surface area contributed by atoms with Gasteiger partial charge in [0, 0.05) is 37.4 Å². The van der Waals surface area contributed by atoms with Crippen LogP contribution in [0, 0.1) is 6.92 Å². The Kier molecular flexibility index (Phi) is 4.08. The number of hydrogen-bond acceptors (Lipinski definition) is 4. The van der Waals surface area contributed by atoms with E-state index in [0.29, 0.717) is 30.0 Å². The fourth-order valence-corrected chi connectivity index (χ4v) is 3.51. The number of aryl methyl sites for hydroxylation is 2. The van der Waals surface area contributed by atoms with Crippen LogP contribution in [0.25, 0.3) is 5.65 Å². The summed E-state index contributed by atoms with van der Waals surface area (Å²) in [6.45, 7) is 6.04. The molecule has 2 aromatic heterocycles. The third kappa shape index (κ3) is 2.61. The molecule has 0 atom stereocenters. The van der Waals surface area contributed by atoms with Crippen LogP contribution in [0.2, 0.25) is 0 Å².